The van der Waals surface area contributed by atoms with Crippen molar-refractivity contribution in [1.29, 1.82) is 0 Å². The molecule has 0 spiro atoms. The molecular weight excluding hydrogens is 508 g/mol. The first-order valence-electron chi connectivity index (χ1n) is 13.5. The Bertz CT molecular complexity index is 1040. The van der Waals surface area contributed by atoms with E-state index < -0.39 is 11.9 Å². The van der Waals surface area contributed by atoms with Crippen molar-refractivity contribution in [3.8, 4) is 0 Å². The zero-order chi connectivity index (χ0) is 27.7. The molecule has 0 aromatic heterocycles. The van der Waals surface area contributed by atoms with E-state index in [-0.39, 0.29) is 49.1 Å². The maximum atomic E-state index is 13.0. The molecule has 1 aromatic carbocycles. The molecule has 1 aliphatic carbocycles. The fraction of sp³-hybridized carbons (Fsp3) is 0.630. The number of anilines is 1. The van der Waals surface area contributed by atoms with Gasteiger partial charge in [-0.15, -0.1) is 0 Å². The van der Waals surface area contributed by atoms with Crippen LogP contribution in [0.1, 0.15) is 48.0 Å². The molecule has 1 saturated carbocycles. The Labute approximate surface area is 227 Å². The van der Waals surface area contributed by atoms with E-state index in [0.717, 1.165) is 19.3 Å². The first-order valence-corrected chi connectivity index (χ1v) is 13.5. The highest BCUT2D eigenvalue weighted by molar-refractivity contribution is 6.06. The van der Waals surface area contributed by atoms with Crippen molar-refractivity contribution in [3.63, 3.8) is 0 Å². The number of piperidine rings is 1. The molecule has 4 rings (SSSR count). The van der Waals surface area contributed by atoms with Crippen molar-refractivity contribution in [3.05, 3.63) is 29.3 Å². The molecule has 39 heavy (non-hydrogen) atoms. The Hall–Kier alpha value is -2.90. The summed E-state index contributed by atoms with van der Waals surface area (Å²) >= 11 is 0. The van der Waals surface area contributed by atoms with E-state index in [9.17, 15) is 19.2 Å². The van der Waals surface area contributed by atoms with Gasteiger partial charge in [-0.3, -0.25) is 24.5 Å². The molecule has 1 aromatic rings. The van der Waals surface area contributed by atoms with Crippen molar-refractivity contribution in [2.24, 2.45) is 11.1 Å². The van der Waals surface area contributed by atoms with Gasteiger partial charge in [-0.1, -0.05) is 12.5 Å². The fourth-order valence-electron chi connectivity index (χ4n) is 5.07. The molecule has 3 aliphatic rings. The largest absolute Gasteiger partial charge is 0.378 e. The Balaban J connectivity index is 1.19. The molecule has 0 radical (unpaired) electrons. The number of carbonyl (C=O) groups is 4. The van der Waals surface area contributed by atoms with Gasteiger partial charge in [0.2, 0.25) is 17.7 Å². The lowest BCUT2D eigenvalue weighted by atomic mass is 9.70. The van der Waals surface area contributed by atoms with Crippen molar-refractivity contribution in [2.45, 2.75) is 44.7 Å². The average molecular weight is 547 g/mol. The van der Waals surface area contributed by atoms with Crippen LogP contribution in [0.3, 0.4) is 0 Å². The molecule has 4 amide bonds. The van der Waals surface area contributed by atoms with E-state index in [4.69, 9.17) is 24.7 Å². The molecule has 12 nitrogen and oxygen atoms in total. The lowest BCUT2D eigenvalue weighted by Gasteiger charge is -2.41. The molecule has 1 saturated heterocycles. The van der Waals surface area contributed by atoms with Crippen LogP contribution in [0.2, 0.25) is 0 Å². The molecule has 12 heteroatoms. The quantitative estimate of drug-likeness (QED) is 0.199. The predicted octanol–water partition coefficient (Wildman–Crippen LogP) is 0.582. The second-order valence-electron chi connectivity index (χ2n) is 10.2. The lowest BCUT2D eigenvalue weighted by molar-refractivity contribution is -0.137. The van der Waals surface area contributed by atoms with Gasteiger partial charge < -0.3 is 34.9 Å². The SMILES string of the molecule is NCCOCCOCCOCC1(COCC(=O)Nc2cccc3c2CN(C2CCC(=O)NC2=O)C3=O)CCC1. The highest BCUT2D eigenvalue weighted by Crippen LogP contribution is 2.41. The van der Waals surface area contributed by atoms with Crippen LogP contribution in [0.15, 0.2) is 18.2 Å². The maximum absolute atomic E-state index is 13.0. The minimum Gasteiger partial charge on any atom is -0.378 e. The van der Waals surface area contributed by atoms with Gasteiger partial charge in [-0.2, -0.15) is 0 Å². The number of carbonyl (C=O) groups excluding carboxylic acids is 4. The Morgan fingerprint density at radius 1 is 1.03 bits per heavy atom. The van der Waals surface area contributed by atoms with Gasteiger partial charge in [0.1, 0.15) is 12.6 Å². The summed E-state index contributed by atoms with van der Waals surface area (Å²) in [6.07, 6.45) is 3.52. The zero-order valence-electron chi connectivity index (χ0n) is 22.2. The highest BCUT2D eigenvalue weighted by atomic mass is 16.5. The third-order valence-corrected chi connectivity index (χ3v) is 7.33. The summed E-state index contributed by atoms with van der Waals surface area (Å²) in [7, 11) is 0. The van der Waals surface area contributed by atoms with E-state index in [1.165, 1.54) is 4.90 Å². The second-order valence-corrected chi connectivity index (χ2v) is 10.2. The number of hydrogen-bond acceptors (Lipinski definition) is 9. The first kappa shape index (κ1) is 29.1. The van der Waals surface area contributed by atoms with Gasteiger partial charge in [0.15, 0.2) is 0 Å². The molecule has 1 unspecified atom stereocenters. The van der Waals surface area contributed by atoms with E-state index in [0.29, 0.717) is 69.6 Å². The van der Waals surface area contributed by atoms with Gasteiger partial charge in [0, 0.05) is 41.7 Å². The van der Waals surface area contributed by atoms with Gasteiger partial charge in [0.25, 0.3) is 5.91 Å². The van der Waals surface area contributed by atoms with Gasteiger partial charge in [-0.25, -0.2) is 0 Å². The number of nitrogens with zero attached hydrogens (tertiary/aromatic N) is 1. The second kappa shape index (κ2) is 13.9. The molecule has 2 fully saturated rings. The van der Waals surface area contributed by atoms with Crippen LogP contribution in [0.5, 0.6) is 0 Å². The van der Waals surface area contributed by atoms with Gasteiger partial charge in [-0.05, 0) is 31.4 Å². The minimum atomic E-state index is -0.711. The average Bonchev–Trinajstić information content (AvgIpc) is 3.22. The Morgan fingerprint density at radius 2 is 1.74 bits per heavy atom. The predicted molar refractivity (Wildman–Crippen MR) is 140 cm³/mol. The molecular formula is C27H38N4O8. The van der Waals surface area contributed by atoms with Crippen LogP contribution in [0, 0.1) is 5.41 Å². The number of fused-ring (bicyclic) bond motifs is 1. The van der Waals surface area contributed by atoms with Crippen LogP contribution in [-0.4, -0.2) is 94.0 Å². The van der Waals surface area contributed by atoms with Gasteiger partial charge in [0.05, 0.1) is 46.2 Å². The normalized spacial score (nSPS) is 20.0. The third-order valence-electron chi connectivity index (χ3n) is 7.33. The van der Waals surface area contributed by atoms with Gasteiger partial charge >= 0.3 is 0 Å². The summed E-state index contributed by atoms with van der Waals surface area (Å²) in [5.74, 6) is -1.42. The standard InChI is InChI=1S/C27H38N4O8/c28-9-10-36-11-12-37-13-14-38-17-27(7-2-8-27)18-39-16-24(33)29-21-4-1-3-19-20(21)15-31(26(19)35)22-5-6-23(32)30-25(22)34/h1,3-4,22H,2,5-18,28H2,(H,29,33)(H,30,32,34). The molecule has 0 bridgehead atoms. The number of rotatable bonds is 16. The Morgan fingerprint density at radius 3 is 2.44 bits per heavy atom. The van der Waals surface area contributed by atoms with E-state index in [1.807, 2.05) is 0 Å². The number of nitrogens with one attached hydrogen (secondary N) is 2. The van der Waals surface area contributed by atoms with E-state index >= 15 is 0 Å². The van der Waals surface area contributed by atoms with Crippen molar-refractivity contribution in [1.82, 2.24) is 10.2 Å². The van der Waals surface area contributed by atoms with Crippen molar-refractivity contribution < 1.29 is 38.1 Å². The molecule has 214 valence electrons. The van der Waals surface area contributed by atoms with Crippen LogP contribution in [-0.2, 0) is 39.9 Å². The molecule has 4 N–H and O–H groups in total. The molecule has 2 heterocycles. The van der Waals surface area contributed by atoms with E-state index in [2.05, 4.69) is 10.6 Å². The fourth-order valence-corrected chi connectivity index (χ4v) is 5.07. The summed E-state index contributed by atoms with van der Waals surface area (Å²) in [6, 6.07) is 4.39. The summed E-state index contributed by atoms with van der Waals surface area (Å²) < 4.78 is 22.3. The molecule has 2 aliphatic heterocycles. The first-order chi connectivity index (χ1) is 18.9. The van der Waals surface area contributed by atoms with Crippen LogP contribution >= 0.6 is 0 Å². The summed E-state index contributed by atoms with van der Waals surface area (Å²) in [6.45, 7) is 4.02. The topological polar surface area (TPSA) is 159 Å². The number of amides is 4. The number of imide groups is 1. The highest BCUT2D eigenvalue weighted by Gasteiger charge is 2.40. The summed E-state index contributed by atoms with van der Waals surface area (Å²) in [5, 5.41) is 5.14. The lowest BCUT2D eigenvalue weighted by Crippen LogP contribution is -2.52. The van der Waals surface area contributed by atoms with Crippen LogP contribution in [0.25, 0.3) is 0 Å². The maximum Gasteiger partial charge on any atom is 0.255 e. The minimum absolute atomic E-state index is 0.0899. The van der Waals surface area contributed by atoms with E-state index in [1.54, 1.807) is 18.2 Å². The summed E-state index contributed by atoms with van der Waals surface area (Å²) in [4.78, 5) is 50.9. The zero-order valence-corrected chi connectivity index (χ0v) is 22.2. The number of benzene rings is 1. The number of ether oxygens (including phenoxy) is 4. The number of hydrogen-bond donors (Lipinski definition) is 3. The van der Waals surface area contributed by atoms with Crippen molar-refractivity contribution >= 4 is 29.3 Å². The van der Waals surface area contributed by atoms with Crippen molar-refractivity contribution in [2.75, 3.05) is 64.7 Å². The third kappa shape index (κ3) is 7.61. The van der Waals surface area contributed by atoms with Crippen LogP contribution in [0.4, 0.5) is 5.69 Å². The summed E-state index contributed by atoms with van der Waals surface area (Å²) in [5.41, 5.74) is 6.88. The number of nitrogens with two attached hydrogens (primary N) is 1. The smallest absolute Gasteiger partial charge is 0.255 e. The monoisotopic (exact) mass is 546 g/mol. The molecule has 1 atom stereocenters. The van der Waals surface area contributed by atoms with Crippen LogP contribution < -0.4 is 16.4 Å². The Kier molecular flexibility index (Phi) is 10.4.